The van der Waals surface area contributed by atoms with E-state index in [4.69, 9.17) is 0 Å². The van der Waals surface area contributed by atoms with Gasteiger partial charge in [-0.25, -0.2) is 0 Å². The quantitative estimate of drug-likeness (QED) is 0.857. The summed E-state index contributed by atoms with van der Waals surface area (Å²) in [7, 11) is 0. The highest BCUT2D eigenvalue weighted by atomic mass is 16.4. The predicted molar refractivity (Wildman–Crippen MR) is 93.0 cm³/mol. The Morgan fingerprint density at radius 3 is 2.08 bits per heavy atom. The Morgan fingerprint density at radius 1 is 1.04 bits per heavy atom. The number of aliphatic carboxylic acids is 1. The number of β-amino-alcohol motifs (C(OH)–C–C–N with tert-alkyl or cyclic N) is 1. The van der Waals surface area contributed by atoms with Crippen LogP contribution in [0.25, 0.3) is 0 Å². The molecule has 0 aromatic heterocycles. The first-order valence-corrected chi connectivity index (χ1v) is 8.41. The van der Waals surface area contributed by atoms with Crippen molar-refractivity contribution < 1.29 is 15.0 Å². The lowest BCUT2D eigenvalue weighted by atomic mass is 9.86. The molecule has 2 aromatic rings. The van der Waals surface area contributed by atoms with Gasteiger partial charge in [-0.2, -0.15) is 0 Å². The van der Waals surface area contributed by atoms with Gasteiger partial charge in [-0.3, -0.25) is 9.69 Å². The van der Waals surface area contributed by atoms with Crippen LogP contribution >= 0.6 is 0 Å². The van der Waals surface area contributed by atoms with E-state index in [0.717, 1.165) is 24.1 Å². The van der Waals surface area contributed by atoms with E-state index in [1.54, 1.807) is 0 Å². The Bertz CT molecular complexity index is 620. The molecule has 1 aliphatic rings. The Hall–Kier alpha value is -2.17. The second-order valence-electron chi connectivity index (χ2n) is 6.36. The average Bonchev–Trinajstić information content (AvgIpc) is 3.05. The Morgan fingerprint density at radius 2 is 1.58 bits per heavy atom. The highest BCUT2D eigenvalue weighted by Crippen LogP contribution is 2.30. The monoisotopic (exact) mass is 325 g/mol. The lowest BCUT2D eigenvalue weighted by Gasteiger charge is -2.29. The Labute approximate surface area is 142 Å². The summed E-state index contributed by atoms with van der Waals surface area (Å²) in [5.41, 5.74) is 2.09. The van der Waals surface area contributed by atoms with Gasteiger partial charge in [0, 0.05) is 12.5 Å². The molecule has 1 aliphatic heterocycles. The second-order valence-corrected chi connectivity index (χ2v) is 6.36. The minimum absolute atomic E-state index is 0.164. The van der Waals surface area contributed by atoms with Crippen molar-refractivity contribution in [2.45, 2.75) is 30.9 Å². The zero-order chi connectivity index (χ0) is 16.9. The van der Waals surface area contributed by atoms with Crippen LogP contribution in [0.5, 0.6) is 0 Å². The van der Waals surface area contributed by atoms with E-state index in [9.17, 15) is 15.0 Å². The lowest BCUT2D eigenvalue weighted by molar-refractivity contribution is -0.142. The van der Waals surface area contributed by atoms with Gasteiger partial charge in [0.05, 0.1) is 6.10 Å². The van der Waals surface area contributed by atoms with Crippen molar-refractivity contribution in [3.05, 3.63) is 71.8 Å². The SMILES string of the molecule is O=C(O)[C@@H]1CCCN1CC(O)C(c1ccccc1)c1ccccc1. The van der Waals surface area contributed by atoms with Crippen LogP contribution in [-0.4, -0.2) is 46.3 Å². The summed E-state index contributed by atoms with van der Waals surface area (Å²) in [6, 6.07) is 19.4. The zero-order valence-corrected chi connectivity index (χ0v) is 13.6. The number of rotatable bonds is 6. The molecule has 0 spiro atoms. The van der Waals surface area contributed by atoms with Crippen molar-refractivity contribution in [1.82, 2.24) is 4.90 Å². The molecule has 0 amide bonds. The summed E-state index contributed by atoms with van der Waals surface area (Å²) >= 11 is 0. The Kier molecular flexibility index (Phi) is 5.28. The minimum atomic E-state index is -0.796. The van der Waals surface area contributed by atoms with Gasteiger partial charge in [0.1, 0.15) is 6.04 Å². The molecule has 0 radical (unpaired) electrons. The highest BCUT2D eigenvalue weighted by molar-refractivity contribution is 5.73. The van der Waals surface area contributed by atoms with Gasteiger partial charge in [0.25, 0.3) is 0 Å². The van der Waals surface area contributed by atoms with E-state index in [1.807, 2.05) is 65.6 Å². The van der Waals surface area contributed by atoms with E-state index in [2.05, 4.69) is 0 Å². The number of aliphatic hydroxyl groups excluding tert-OH is 1. The maximum absolute atomic E-state index is 11.4. The summed E-state index contributed by atoms with van der Waals surface area (Å²) in [6.45, 7) is 1.09. The molecule has 3 rings (SSSR count). The van der Waals surface area contributed by atoms with E-state index in [0.29, 0.717) is 13.0 Å². The van der Waals surface area contributed by atoms with Gasteiger partial charge >= 0.3 is 5.97 Å². The number of aliphatic hydroxyl groups is 1. The molecule has 0 saturated carbocycles. The third kappa shape index (κ3) is 3.66. The maximum Gasteiger partial charge on any atom is 0.320 e. The third-order valence-corrected chi connectivity index (χ3v) is 4.77. The molecule has 1 saturated heterocycles. The summed E-state index contributed by atoms with van der Waals surface area (Å²) < 4.78 is 0. The number of carbonyl (C=O) groups is 1. The minimum Gasteiger partial charge on any atom is -0.480 e. The molecule has 4 heteroatoms. The van der Waals surface area contributed by atoms with E-state index in [1.165, 1.54) is 0 Å². The fourth-order valence-electron chi connectivity index (χ4n) is 3.63. The van der Waals surface area contributed by atoms with Crippen LogP contribution < -0.4 is 0 Å². The third-order valence-electron chi connectivity index (χ3n) is 4.77. The smallest absolute Gasteiger partial charge is 0.320 e. The molecule has 1 fully saturated rings. The van der Waals surface area contributed by atoms with Crippen LogP contribution in [0.2, 0.25) is 0 Å². The summed E-state index contributed by atoms with van der Waals surface area (Å²) in [4.78, 5) is 13.3. The van der Waals surface area contributed by atoms with Crippen molar-refractivity contribution in [3.8, 4) is 0 Å². The molecule has 2 N–H and O–H groups in total. The highest BCUT2D eigenvalue weighted by Gasteiger charge is 2.34. The molecule has 2 aromatic carbocycles. The van der Waals surface area contributed by atoms with E-state index >= 15 is 0 Å². The van der Waals surface area contributed by atoms with E-state index < -0.39 is 18.1 Å². The average molecular weight is 325 g/mol. The lowest BCUT2D eigenvalue weighted by Crippen LogP contribution is -2.42. The molecular formula is C20H23NO3. The van der Waals surface area contributed by atoms with Gasteiger partial charge in [-0.1, -0.05) is 60.7 Å². The number of carboxylic acid groups (broad SMARTS) is 1. The van der Waals surface area contributed by atoms with Crippen LogP contribution in [0.3, 0.4) is 0 Å². The number of benzene rings is 2. The summed E-state index contributed by atoms with van der Waals surface area (Å²) in [6.07, 6.45) is 0.865. The van der Waals surface area contributed by atoms with Gasteiger partial charge < -0.3 is 10.2 Å². The Balaban J connectivity index is 1.84. The number of hydrogen-bond acceptors (Lipinski definition) is 3. The molecular weight excluding hydrogens is 302 g/mol. The molecule has 0 aliphatic carbocycles. The van der Waals surface area contributed by atoms with Gasteiger partial charge in [0.15, 0.2) is 0 Å². The van der Waals surface area contributed by atoms with Crippen LogP contribution in [0.4, 0.5) is 0 Å². The molecule has 4 nitrogen and oxygen atoms in total. The van der Waals surface area contributed by atoms with Crippen LogP contribution in [0.15, 0.2) is 60.7 Å². The number of hydrogen-bond donors (Lipinski definition) is 2. The fraction of sp³-hybridized carbons (Fsp3) is 0.350. The first kappa shape index (κ1) is 16.7. The van der Waals surface area contributed by atoms with Crippen molar-refractivity contribution in [1.29, 1.82) is 0 Å². The maximum atomic E-state index is 11.4. The van der Waals surface area contributed by atoms with Gasteiger partial charge in [0.2, 0.25) is 0 Å². The van der Waals surface area contributed by atoms with Crippen molar-refractivity contribution in [2.24, 2.45) is 0 Å². The van der Waals surface area contributed by atoms with Crippen LogP contribution in [0.1, 0.15) is 29.9 Å². The standard InChI is InChI=1S/C20H23NO3/c22-18(14-21-13-7-12-17(21)20(23)24)19(15-8-3-1-4-9-15)16-10-5-2-6-11-16/h1-6,8-11,17-19,22H,7,12-14H2,(H,23,24)/t17-,18?/m0/s1. The summed E-state index contributed by atoms with van der Waals surface area (Å²) in [5, 5.41) is 20.3. The topological polar surface area (TPSA) is 60.8 Å². The predicted octanol–water partition coefficient (Wildman–Crippen LogP) is 2.73. The van der Waals surface area contributed by atoms with Gasteiger partial charge in [-0.15, -0.1) is 0 Å². The molecule has 126 valence electrons. The normalized spacial score (nSPS) is 19.5. The molecule has 24 heavy (non-hydrogen) atoms. The van der Waals surface area contributed by atoms with Gasteiger partial charge in [-0.05, 0) is 30.5 Å². The van der Waals surface area contributed by atoms with Crippen molar-refractivity contribution in [2.75, 3.05) is 13.1 Å². The van der Waals surface area contributed by atoms with E-state index in [-0.39, 0.29) is 5.92 Å². The van der Waals surface area contributed by atoms with Crippen LogP contribution in [0, 0.1) is 0 Å². The van der Waals surface area contributed by atoms with Crippen molar-refractivity contribution in [3.63, 3.8) is 0 Å². The molecule has 1 heterocycles. The number of nitrogens with zero attached hydrogens (tertiary/aromatic N) is 1. The number of likely N-dealkylation sites (tertiary alicyclic amines) is 1. The molecule has 0 bridgehead atoms. The van der Waals surface area contributed by atoms with Crippen LogP contribution in [-0.2, 0) is 4.79 Å². The summed E-state index contributed by atoms with van der Waals surface area (Å²) in [5.74, 6) is -0.960. The first-order valence-electron chi connectivity index (χ1n) is 8.41. The van der Waals surface area contributed by atoms with Crippen molar-refractivity contribution >= 4 is 5.97 Å². The fourth-order valence-corrected chi connectivity index (χ4v) is 3.63. The largest absolute Gasteiger partial charge is 0.480 e. The molecule has 2 atom stereocenters. The second kappa shape index (κ2) is 7.60. The zero-order valence-electron chi connectivity index (χ0n) is 13.6. The number of carboxylic acids is 1. The molecule has 1 unspecified atom stereocenters. The first-order chi connectivity index (χ1) is 11.7.